The summed E-state index contributed by atoms with van der Waals surface area (Å²) in [5.41, 5.74) is -0.935. The van der Waals surface area contributed by atoms with Crippen molar-refractivity contribution in [2.75, 3.05) is 14.2 Å². The Kier molecular flexibility index (Phi) is 6.50. The molecular weight excluding hydrogens is 427 g/mol. The summed E-state index contributed by atoms with van der Waals surface area (Å²) in [6.45, 7) is 1.85. The third-order valence-corrected chi connectivity index (χ3v) is 6.01. The summed E-state index contributed by atoms with van der Waals surface area (Å²) in [4.78, 5) is 25.7. The molecule has 0 radical (unpaired) electrons. The number of carbonyl (C=O) groups excluding carboxylic acids is 2. The van der Waals surface area contributed by atoms with Gasteiger partial charge in [-0.3, -0.25) is 4.79 Å². The number of esters is 2. The number of nitriles is 2. The molecule has 0 aliphatic heterocycles. The lowest BCUT2D eigenvalue weighted by atomic mass is 9.54. The molecule has 0 saturated carbocycles. The molecular formula is C25H21FN2O5. The van der Waals surface area contributed by atoms with E-state index in [-0.39, 0.29) is 5.56 Å². The molecule has 0 bridgehead atoms. The van der Waals surface area contributed by atoms with Gasteiger partial charge in [-0.15, -0.1) is 0 Å². The van der Waals surface area contributed by atoms with E-state index in [1.54, 1.807) is 24.3 Å². The van der Waals surface area contributed by atoms with Crippen LogP contribution in [-0.2, 0) is 19.1 Å². The zero-order chi connectivity index (χ0) is 24.3. The van der Waals surface area contributed by atoms with Crippen LogP contribution in [0.25, 0.3) is 0 Å². The van der Waals surface area contributed by atoms with Gasteiger partial charge < -0.3 is 14.6 Å². The van der Waals surface area contributed by atoms with E-state index in [0.717, 1.165) is 31.9 Å². The molecule has 3 rings (SSSR count). The highest BCUT2D eigenvalue weighted by atomic mass is 19.1. The van der Waals surface area contributed by atoms with E-state index in [4.69, 9.17) is 9.47 Å². The zero-order valence-corrected chi connectivity index (χ0v) is 18.2. The van der Waals surface area contributed by atoms with Crippen molar-refractivity contribution in [2.24, 2.45) is 11.3 Å². The maximum Gasteiger partial charge on any atom is 0.337 e. The summed E-state index contributed by atoms with van der Waals surface area (Å²) < 4.78 is 23.4. The minimum Gasteiger partial charge on any atom is -0.511 e. The van der Waals surface area contributed by atoms with E-state index in [0.29, 0.717) is 5.56 Å². The summed E-state index contributed by atoms with van der Waals surface area (Å²) in [7, 11) is 2.18. The molecule has 0 saturated heterocycles. The number of aliphatic hydroxyl groups excluding tert-OH is 1. The molecule has 0 fully saturated rings. The normalized spacial score (nSPS) is 21.5. The number of hydrogen-bond acceptors (Lipinski definition) is 7. The second-order valence-corrected chi connectivity index (χ2v) is 7.76. The van der Waals surface area contributed by atoms with Crippen LogP contribution in [0.5, 0.6) is 0 Å². The van der Waals surface area contributed by atoms with Gasteiger partial charge in [-0.05, 0) is 30.2 Å². The van der Waals surface area contributed by atoms with E-state index >= 15 is 0 Å². The molecule has 1 aliphatic carbocycles. The van der Waals surface area contributed by atoms with Crippen LogP contribution in [0, 0.1) is 46.7 Å². The van der Waals surface area contributed by atoms with Crippen molar-refractivity contribution in [3.8, 4) is 12.1 Å². The molecule has 0 aromatic heterocycles. The fraction of sp³-hybridized carbons (Fsp3) is 0.280. The molecule has 33 heavy (non-hydrogen) atoms. The Labute approximate surface area is 190 Å². The predicted octanol–water partition coefficient (Wildman–Crippen LogP) is 3.82. The fourth-order valence-electron chi connectivity index (χ4n) is 4.46. The van der Waals surface area contributed by atoms with Gasteiger partial charge in [0.1, 0.15) is 17.5 Å². The molecule has 0 spiro atoms. The quantitative estimate of drug-likeness (QED) is 0.706. The first kappa shape index (κ1) is 23.5. The zero-order valence-electron chi connectivity index (χ0n) is 18.2. The van der Waals surface area contributed by atoms with Crippen LogP contribution in [0.3, 0.4) is 0 Å². The number of aryl methyl sites for hydroxylation is 1. The standard InChI is InChI=1S/C25H21FN2O5/c1-14-4-6-15(7-5-14)20-18(23(30)32-2)22(29)19(24(31)33-3)21(25(20,12-27)13-28)16-8-10-17(26)11-9-16/h4-11,18,20-21,29H,1-3H3/t18-,20+,21-/m0/s1. The average molecular weight is 448 g/mol. The Morgan fingerprint density at radius 3 is 2.00 bits per heavy atom. The molecule has 168 valence electrons. The van der Waals surface area contributed by atoms with Crippen molar-refractivity contribution in [3.63, 3.8) is 0 Å². The molecule has 7 nitrogen and oxygen atoms in total. The van der Waals surface area contributed by atoms with Crippen LogP contribution >= 0.6 is 0 Å². The second-order valence-electron chi connectivity index (χ2n) is 7.76. The molecule has 2 aromatic rings. The number of hydrogen-bond donors (Lipinski definition) is 1. The van der Waals surface area contributed by atoms with Crippen LogP contribution in [0.15, 0.2) is 59.9 Å². The molecule has 0 unspecified atom stereocenters. The second kappa shape index (κ2) is 9.13. The molecule has 1 aliphatic rings. The summed E-state index contributed by atoms with van der Waals surface area (Å²) in [6.07, 6.45) is 0. The van der Waals surface area contributed by atoms with Crippen molar-refractivity contribution in [1.82, 2.24) is 0 Å². The maximum absolute atomic E-state index is 13.7. The molecule has 0 heterocycles. The summed E-state index contributed by atoms with van der Waals surface area (Å²) in [5, 5.41) is 32.0. The molecule has 2 aromatic carbocycles. The smallest absolute Gasteiger partial charge is 0.337 e. The van der Waals surface area contributed by atoms with Crippen molar-refractivity contribution < 1.29 is 28.6 Å². The highest BCUT2D eigenvalue weighted by molar-refractivity contribution is 5.94. The number of rotatable bonds is 4. The average Bonchev–Trinajstić information content (AvgIpc) is 2.83. The minimum absolute atomic E-state index is 0.229. The van der Waals surface area contributed by atoms with Crippen molar-refractivity contribution in [1.29, 1.82) is 10.5 Å². The highest BCUT2D eigenvalue weighted by Crippen LogP contribution is 2.58. The fourth-order valence-corrected chi connectivity index (χ4v) is 4.46. The molecule has 8 heteroatoms. The van der Waals surface area contributed by atoms with Gasteiger partial charge in [0, 0.05) is 5.92 Å². The van der Waals surface area contributed by atoms with E-state index < -0.39 is 52.3 Å². The maximum atomic E-state index is 13.7. The number of benzene rings is 2. The van der Waals surface area contributed by atoms with Crippen LogP contribution in [0.1, 0.15) is 28.5 Å². The number of nitrogens with zero attached hydrogens (tertiary/aromatic N) is 2. The monoisotopic (exact) mass is 448 g/mol. The molecule has 3 atom stereocenters. The number of ether oxygens (including phenoxy) is 2. The van der Waals surface area contributed by atoms with Gasteiger partial charge in [-0.2, -0.15) is 10.5 Å². The Bertz CT molecular complexity index is 1180. The first-order chi connectivity index (χ1) is 15.7. The van der Waals surface area contributed by atoms with Gasteiger partial charge in [-0.25, -0.2) is 9.18 Å². The van der Waals surface area contributed by atoms with Gasteiger partial charge in [-0.1, -0.05) is 42.0 Å². The van der Waals surface area contributed by atoms with Gasteiger partial charge in [0.15, 0.2) is 5.41 Å². The van der Waals surface area contributed by atoms with E-state index in [1.165, 1.54) is 12.1 Å². The Balaban J connectivity index is 2.47. The van der Waals surface area contributed by atoms with Gasteiger partial charge in [0.2, 0.25) is 0 Å². The van der Waals surface area contributed by atoms with Crippen molar-refractivity contribution >= 4 is 11.9 Å². The van der Waals surface area contributed by atoms with Crippen LogP contribution < -0.4 is 0 Å². The van der Waals surface area contributed by atoms with Crippen molar-refractivity contribution in [3.05, 3.63) is 82.4 Å². The lowest BCUT2D eigenvalue weighted by Crippen LogP contribution is -2.47. The van der Waals surface area contributed by atoms with Crippen LogP contribution in [-0.4, -0.2) is 31.3 Å². The molecule has 1 N–H and O–H groups in total. The highest BCUT2D eigenvalue weighted by Gasteiger charge is 2.61. The number of carbonyl (C=O) groups is 2. The van der Waals surface area contributed by atoms with Gasteiger partial charge in [0.25, 0.3) is 0 Å². The Morgan fingerprint density at radius 1 is 0.970 bits per heavy atom. The topological polar surface area (TPSA) is 120 Å². The van der Waals surface area contributed by atoms with Crippen LogP contribution in [0.2, 0.25) is 0 Å². The van der Waals surface area contributed by atoms with Crippen molar-refractivity contribution in [2.45, 2.75) is 18.8 Å². The van der Waals surface area contributed by atoms with Gasteiger partial charge in [0.05, 0.1) is 37.8 Å². The van der Waals surface area contributed by atoms with E-state index in [1.807, 2.05) is 19.1 Å². The predicted molar refractivity (Wildman–Crippen MR) is 114 cm³/mol. The van der Waals surface area contributed by atoms with E-state index in [2.05, 4.69) is 0 Å². The lowest BCUT2D eigenvalue weighted by Gasteiger charge is -2.44. The summed E-state index contributed by atoms with van der Waals surface area (Å²) >= 11 is 0. The third-order valence-electron chi connectivity index (χ3n) is 6.01. The minimum atomic E-state index is -2.05. The number of halogens is 1. The first-order valence-corrected chi connectivity index (χ1v) is 9.99. The number of aliphatic hydroxyl groups is 1. The molecule has 0 amide bonds. The number of methoxy groups -OCH3 is 2. The Hall–Kier alpha value is -4.17. The third kappa shape index (κ3) is 3.81. The SMILES string of the molecule is COC(=O)C1=C(O)[C@@H](C(=O)OC)[C@@H](c2ccc(C)cc2)C(C#N)(C#N)[C@H]1c1ccc(F)cc1. The summed E-state index contributed by atoms with van der Waals surface area (Å²) in [5.74, 6) is -7.24. The first-order valence-electron chi connectivity index (χ1n) is 9.99. The summed E-state index contributed by atoms with van der Waals surface area (Å²) in [6, 6.07) is 15.7. The largest absolute Gasteiger partial charge is 0.511 e. The lowest BCUT2D eigenvalue weighted by molar-refractivity contribution is -0.147. The Morgan fingerprint density at radius 2 is 1.52 bits per heavy atom. The van der Waals surface area contributed by atoms with E-state index in [9.17, 15) is 29.6 Å². The van der Waals surface area contributed by atoms with Crippen LogP contribution in [0.4, 0.5) is 4.39 Å². The van der Waals surface area contributed by atoms with Gasteiger partial charge >= 0.3 is 11.9 Å².